The highest BCUT2D eigenvalue weighted by atomic mass is 32.1. The molecule has 0 unspecified atom stereocenters. The molecule has 0 spiro atoms. The summed E-state index contributed by atoms with van der Waals surface area (Å²) in [5.41, 5.74) is 0. The highest BCUT2D eigenvalue weighted by Gasteiger charge is 2.23. The number of rotatable bonds is 1. The molecule has 0 aromatic rings. The van der Waals surface area contributed by atoms with Gasteiger partial charge in [0.2, 0.25) is 0 Å². The third-order valence-corrected chi connectivity index (χ3v) is 1.29. The van der Waals surface area contributed by atoms with Crippen LogP contribution in [0, 0.1) is 5.92 Å². The Hall–Kier alpha value is 0.0900. The van der Waals surface area contributed by atoms with Gasteiger partial charge < -0.3 is 0 Å². The van der Waals surface area contributed by atoms with Gasteiger partial charge >= 0.3 is 0 Å². The molecule has 0 aromatic heterocycles. The molecule has 0 N–H and O–H groups in total. The summed E-state index contributed by atoms with van der Waals surface area (Å²) >= 11 is 4.84. The summed E-state index contributed by atoms with van der Waals surface area (Å²) in [5, 5.41) is 0. The molecule has 1 fully saturated rings. The monoisotopic (exact) mass is 99.0 g/mol. The first kappa shape index (κ1) is 4.25. The molecule has 33 valence electrons. The Morgan fingerprint density at radius 1 is 1.67 bits per heavy atom. The van der Waals surface area contributed by atoms with Crippen LogP contribution in [-0.4, -0.2) is 4.86 Å². The van der Waals surface area contributed by atoms with Gasteiger partial charge in [-0.2, -0.15) is 0 Å². The van der Waals surface area contributed by atoms with Crippen molar-refractivity contribution in [1.82, 2.24) is 0 Å². The average Bonchev–Trinajstić information content (AvgIpc) is 2.06. The van der Waals surface area contributed by atoms with Gasteiger partial charge in [0.05, 0.1) is 0 Å². The lowest BCUT2D eigenvalue weighted by Gasteiger charge is -1.79. The first-order valence-corrected chi connectivity index (χ1v) is 2.57. The lowest BCUT2D eigenvalue weighted by molar-refractivity contribution is 1.50. The van der Waals surface area contributed by atoms with Gasteiger partial charge in [0.1, 0.15) is 0 Å². The molecule has 0 saturated heterocycles. The molecule has 1 aliphatic carbocycles. The first-order valence-electron chi connectivity index (χ1n) is 2.16. The van der Waals surface area contributed by atoms with Crippen molar-refractivity contribution >= 4 is 17.1 Å². The fourth-order valence-electron chi connectivity index (χ4n) is 0.415. The van der Waals surface area contributed by atoms with Crippen LogP contribution in [0.3, 0.4) is 0 Å². The molecular formula is C5H7S. The van der Waals surface area contributed by atoms with Crippen LogP contribution >= 0.6 is 12.2 Å². The van der Waals surface area contributed by atoms with Crippen LogP contribution in [0.25, 0.3) is 0 Å². The normalized spacial score (nSPS) is 20.8. The lowest BCUT2D eigenvalue weighted by Crippen LogP contribution is -1.81. The molecular weight excluding hydrogens is 92.1 g/mol. The molecule has 0 atom stereocenters. The Balaban J connectivity index is 2.31. The summed E-state index contributed by atoms with van der Waals surface area (Å²) in [7, 11) is 0. The van der Waals surface area contributed by atoms with E-state index in [1.165, 1.54) is 18.8 Å². The Morgan fingerprint density at radius 2 is 2.17 bits per heavy atom. The van der Waals surface area contributed by atoms with E-state index in [9.17, 15) is 0 Å². The summed E-state index contributed by atoms with van der Waals surface area (Å²) in [6.07, 6.45) is 2.55. The van der Waals surface area contributed by atoms with Crippen LogP contribution < -0.4 is 0 Å². The van der Waals surface area contributed by atoms with Crippen LogP contribution in [0.4, 0.5) is 0 Å². The number of thiocarbonyl (C=S) groups is 1. The second-order valence-electron chi connectivity index (χ2n) is 1.66. The van der Waals surface area contributed by atoms with Crippen LogP contribution in [0.5, 0.6) is 0 Å². The maximum atomic E-state index is 4.84. The van der Waals surface area contributed by atoms with Gasteiger partial charge in [-0.1, -0.05) is 12.2 Å². The molecule has 6 heavy (non-hydrogen) atoms. The smallest absolute Gasteiger partial charge is 0.0116 e. The molecule has 0 heterocycles. The van der Waals surface area contributed by atoms with E-state index in [2.05, 4.69) is 0 Å². The fourth-order valence-corrected chi connectivity index (χ4v) is 0.619. The van der Waals surface area contributed by atoms with Gasteiger partial charge in [0, 0.05) is 5.92 Å². The SMILES string of the molecule is CC(=S)[C]1CC1. The van der Waals surface area contributed by atoms with Crippen molar-refractivity contribution in [3.05, 3.63) is 5.92 Å². The minimum Gasteiger partial charge on any atom is -0.0893 e. The van der Waals surface area contributed by atoms with Gasteiger partial charge in [-0.3, -0.25) is 0 Å². The predicted octanol–water partition coefficient (Wildman–Crippen LogP) is 1.74. The predicted molar refractivity (Wildman–Crippen MR) is 30.7 cm³/mol. The van der Waals surface area contributed by atoms with E-state index in [1.54, 1.807) is 0 Å². The Labute approximate surface area is 43.6 Å². The van der Waals surface area contributed by atoms with E-state index in [-0.39, 0.29) is 0 Å². The van der Waals surface area contributed by atoms with Crippen molar-refractivity contribution in [2.75, 3.05) is 0 Å². The van der Waals surface area contributed by atoms with Gasteiger partial charge in [0.25, 0.3) is 0 Å². The minimum absolute atomic E-state index is 1.12. The van der Waals surface area contributed by atoms with Crippen molar-refractivity contribution in [2.45, 2.75) is 19.8 Å². The summed E-state index contributed by atoms with van der Waals surface area (Å²) in [4.78, 5) is 1.12. The molecule has 0 amide bonds. The van der Waals surface area contributed by atoms with Crippen molar-refractivity contribution in [2.24, 2.45) is 0 Å². The highest BCUT2D eigenvalue weighted by molar-refractivity contribution is 7.80. The number of hydrogen-bond acceptors (Lipinski definition) is 1. The van der Waals surface area contributed by atoms with Crippen molar-refractivity contribution < 1.29 is 0 Å². The molecule has 1 radical (unpaired) electrons. The molecule has 1 heteroatoms. The molecule has 0 nitrogen and oxygen atoms in total. The van der Waals surface area contributed by atoms with Crippen molar-refractivity contribution in [3.8, 4) is 0 Å². The van der Waals surface area contributed by atoms with Gasteiger partial charge in [0.15, 0.2) is 0 Å². The van der Waals surface area contributed by atoms with E-state index in [4.69, 9.17) is 12.2 Å². The average molecular weight is 99.2 g/mol. The zero-order chi connectivity index (χ0) is 4.57. The van der Waals surface area contributed by atoms with E-state index in [1.807, 2.05) is 6.92 Å². The summed E-state index contributed by atoms with van der Waals surface area (Å²) in [6.45, 7) is 2.00. The Bertz CT molecular complexity index is 72.0. The lowest BCUT2D eigenvalue weighted by atomic mass is 10.3. The van der Waals surface area contributed by atoms with Gasteiger partial charge in [-0.25, -0.2) is 0 Å². The van der Waals surface area contributed by atoms with Crippen LogP contribution in [0.15, 0.2) is 0 Å². The third kappa shape index (κ3) is 0.777. The minimum atomic E-state index is 1.12. The van der Waals surface area contributed by atoms with E-state index >= 15 is 0 Å². The maximum Gasteiger partial charge on any atom is 0.0116 e. The Kier molecular flexibility index (Phi) is 0.922. The molecule has 1 rings (SSSR count). The highest BCUT2D eigenvalue weighted by Crippen LogP contribution is 2.32. The quantitative estimate of drug-likeness (QED) is 0.451. The third-order valence-electron chi connectivity index (χ3n) is 0.998. The molecule has 0 aliphatic heterocycles. The first-order chi connectivity index (χ1) is 2.80. The second kappa shape index (κ2) is 1.30. The Morgan fingerprint density at radius 3 is 2.17 bits per heavy atom. The summed E-state index contributed by atoms with van der Waals surface area (Å²) in [5.74, 6) is 1.49. The maximum absolute atomic E-state index is 4.84. The largest absolute Gasteiger partial charge is 0.0893 e. The summed E-state index contributed by atoms with van der Waals surface area (Å²) in [6, 6.07) is 0. The van der Waals surface area contributed by atoms with Crippen molar-refractivity contribution in [1.29, 1.82) is 0 Å². The standard InChI is InChI=1S/C5H7S/c1-4(6)5-2-3-5/h2-3H2,1H3. The molecule has 1 saturated carbocycles. The molecule has 1 aliphatic rings. The fraction of sp³-hybridized carbons (Fsp3) is 0.600. The second-order valence-corrected chi connectivity index (χ2v) is 2.27. The van der Waals surface area contributed by atoms with Crippen LogP contribution in [-0.2, 0) is 0 Å². The van der Waals surface area contributed by atoms with Gasteiger partial charge in [-0.15, -0.1) is 0 Å². The van der Waals surface area contributed by atoms with Crippen molar-refractivity contribution in [3.63, 3.8) is 0 Å². The van der Waals surface area contributed by atoms with E-state index in [0.717, 1.165) is 4.86 Å². The topological polar surface area (TPSA) is 0 Å². The number of hydrogen-bond donors (Lipinski definition) is 0. The van der Waals surface area contributed by atoms with E-state index < -0.39 is 0 Å². The summed E-state index contributed by atoms with van der Waals surface area (Å²) < 4.78 is 0. The van der Waals surface area contributed by atoms with Crippen LogP contribution in [0.1, 0.15) is 19.8 Å². The zero-order valence-electron chi connectivity index (χ0n) is 3.82. The molecule has 0 bridgehead atoms. The van der Waals surface area contributed by atoms with E-state index in [0.29, 0.717) is 0 Å². The zero-order valence-corrected chi connectivity index (χ0v) is 4.64. The van der Waals surface area contributed by atoms with Gasteiger partial charge in [-0.05, 0) is 24.6 Å². The van der Waals surface area contributed by atoms with Crippen LogP contribution in [0.2, 0.25) is 0 Å². The molecule has 0 aromatic carbocycles.